The van der Waals surface area contributed by atoms with Gasteiger partial charge >= 0.3 is 0 Å². The molecule has 1 aliphatic heterocycles. The lowest BCUT2D eigenvalue weighted by molar-refractivity contribution is 0.0676. The predicted octanol–water partition coefficient (Wildman–Crippen LogP) is 4.37. The van der Waals surface area contributed by atoms with Crippen LogP contribution in [0, 0.1) is 11.3 Å². The van der Waals surface area contributed by atoms with Crippen molar-refractivity contribution >= 4 is 10.8 Å². The minimum Gasteiger partial charge on any atom is -0.298 e. The molecule has 0 radical (unpaired) electrons. The molecule has 5 heteroatoms. The third-order valence-corrected chi connectivity index (χ3v) is 7.70. The van der Waals surface area contributed by atoms with Gasteiger partial charge in [0.25, 0.3) is 0 Å². The van der Waals surface area contributed by atoms with Crippen LogP contribution in [0.4, 0.5) is 0 Å². The Bertz CT molecular complexity index is 848. The average molecular weight is 408 g/mol. The van der Waals surface area contributed by atoms with Crippen molar-refractivity contribution in [1.82, 2.24) is 9.80 Å². The Labute approximate surface area is 176 Å². The Hall–Kier alpha value is -2.00. The fraction of sp³-hybridized carbons (Fsp3) is 0.458. The predicted molar refractivity (Wildman–Crippen MR) is 116 cm³/mol. The Morgan fingerprint density at radius 2 is 1.48 bits per heavy atom. The topological polar surface area (TPSA) is 47.3 Å². The number of nitrogens with zero attached hydrogens (tertiary/aromatic N) is 3. The van der Waals surface area contributed by atoms with Crippen molar-refractivity contribution in [2.45, 2.75) is 54.0 Å². The van der Waals surface area contributed by atoms with E-state index in [1.165, 1.54) is 32.1 Å². The van der Waals surface area contributed by atoms with Gasteiger partial charge in [0.05, 0.1) is 16.9 Å². The second-order valence-electron chi connectivity index (χ2n) is 8.05. The molecular formula is C24H29N3OS. The van der Waals surface area contributed by atoms with Gasteiger partial charge in [0.2, 0.25) is 0 Å². The molecule has 0 aromatic heterocycles. The summed E-state index contributed by atoms with van der Waals surface area (Å²) in [5, 5.41) is 9.84. The van der Waals surface area contributed by atoms with Crippen molar-refractivity contribution in [3.8, 4) is 6.07 Å². The number of hydrogen-bond acceptors (Lipinski definition) is 4. The summed E-state index contributed by atoms with van der Waals surface area (Å²) in [6, 6.07) is 20.3. The highest BCUT2D eigenvalue weighted by Gasteiger charge is 2.29. The number of benzene rings is 2. The first-order valence-corrected chi connectivity index (χ1v) is 11.9. The maximum absolute atomic E-state index is 12.7. The lowest BCUT2D eigenvalue weighted by Gasteiger charge is -2.42. The Morgan fingerprint density at radius 3 is 2.10 bits per heavy atom. The van der Waals surface area contributed by atoms with Gasteiger partial charge in [-0.2, -0.15) is 5.26 Å². The Balaban J connectivity index is 1.39. The lowest BCUT2D eigenvalue weighted by Crippen LogP contribution is -2.51. The first kappa shape index (κ1) is 20.3. The molecule has 1 saturated carbocycles. The highest BCUT2D eigenvalue weighted by Crippen LogP contribution is 2.27. The number of hydrogen-bond donors (Lipinski definition) is 0. The summed E-state index contributed by atoms with van der Waals surface area (Å²) in [4.78, 5) is 6.51. The van der Waals surface area contributed by atoms with Crippen LogP contribution in [0.3, 0.4) is 0 Å². The number of piperazine rings is 1. The van der Waals surface area contributed by atoms with Crippen LogP contribution in [0.5, 0.6) is 0 Å². The zero-order valence-electron chi connectivity index (χ0n) is 16.9. The first-order valence-electron chi connectivity index (χ1n) is 10.7. The van der Waals surface area contributed by atoms with Crippen LogP contribution in [0.25, 0.3) is 0 Å². The third kappa shape index (κ3) is 4.78. The number of nitriles is 1. The second kappa shape index (κ2) is 9.67. The summed E-state index contributed by atoms with van der Waals surface area (Å²) in [6.07, 6.45) is 6.78. The van der Waals surface area contributed by atoms with E-state index in [4.69, 9.17) is 0 Å². The van der Waals surface area contributed by atoms with E-state index in [0.29, 0.717) is 0 Å². The Kier molecular flexibility index (Phi) is 6.76. The highest BCUT2D eigenvalue weighted by atomic mass is 32.2. The van der Waals surface area contributed by atoms with Gasteiger partial charge in [-0.3, -0.25) is 9.80 Å². The van der Waals surface area contributed by atoms with Crippen LogP contribution < -0.4 is 0 Å². The molecule has 4 nitrogen and oxygen atoms in total. The molecule has 0 bridgehead atoms. The molecule has 1 aliphatic carbocycles. The van der Waals surface area contributed by atoms with Crippen molar-refractivity contribution < 1.29 is 4.21 Å². The smallest absolute Gasteiger partial charge is 0.123 e. The van der Waals surface area contributed by atoms with E-state index in [1.807, 2.05) is 54.6 Å². The monoisotopic (exact) mass is 407 g/mol. The summed E-state index contributed by atoms with van der Waals surface area (Å²) < 4.78 is 12.7. The molecule has 0 amide bonds. The fourth-order valence-electron chi connectivity index (χ4n) is 4.63. The van der Waals surface area contributed by atoms with Crippen molar-refractivity contribution in [2.75, 3.05) is 26.2 Å². The van der Waals surface area contributed by atoms with E-state index in [1.54, 1.807) is 0 Å². The zero-order chi connectivity index (χ0) is 20.1. The summed E-state index contributed by atoms with van der Waals surface area (Å²) in [5.41, 5.74) is 0.993. The lowest BCUT2D eigenvalue weighted by atomic mass is 9.93. The van der Waals surface area contributed by atoms with Crippen LogP contribution in [0.1, 0.15) is 43.7 Å². The fourth-order valence-corrected chi connectivity index (χ4v) is 5.69. The number of rotatable bonds is 5. The molecule has 1 heterocycles. The van der Waals surface area contributed by atoms with Crippen LogP contribution in [0.15, 0.2) is 64.4 Å². The van der Waals surface area contributed by atoms with Crippen molar-refractivity contribution in [3.63, 3.8) is 0 Å². The quantitative estimate of drug-likeness (QED) is 0.738. The van der Waals surface area contributed by atoms with Gasteiger partial charge in [0, 0.05) is 42.0 Å². The molecule has 2 fully saturated rings. The molecule has 4 rings (SSSR count). The van der Waals surface area contributed by atoms with E-state index in [-0.39, 0.29) is 6.04 Å². The third-order valence-electron chi connectivity index (χ3n) is 6.29. The van der Waals surface area contributed by atoms with Gasteiger partial charge in [-0.05, 0) is 42.7 Å². The summed E-state index contributed by atoms with van der Waals surface area (Å²) in [6.45, 7) is 3.98. The van der Waals surface area contributed by atoms with Crippen molar-refractivity contribution in [3.05, 3.63) is 60.2 Å². The van der Waals surface area contributed by atoms with Gasteiger partial charge in [0.1, 0.15) is 6.04 Å². The van der Waals surface area contributed by atoms with Gasteiger partial charge in [-0.15, -0.1) is 0 Å². The largest absolute Gasteiger partial charge is 0.298 e. The van der Waals surface area contributed by atoms with Crippen LogP contribution in [-0.4, -0.2) is 46.2 Å². The molecule has 1 saturated heterocycles. The van der Waals surface area contributed by atoms with Gasteiger partial charge in [-0.25, -0.2) is 4.21 Å². The van der Waals surface area contributed by atoms with E-state index in [2.05, 4.69) is 15.9 Å². The van der Waals surface area contributed by atoms with Crippen molar-refractivity contribution in [2.24, 2.45) is 0 Å². The van der Waals surface area contributed by atoms with Crippen LogP contribution in [0.2, 0.25) is 0 Å². The normalized spacial score (nSPS) is 21.3. The summed E-state index contributed by atoms with van der Waals surface area (Å²) in [5.74, 6) is 0. The highest BCUT2D eigenvalue weighted by molar-refractivity contribution is 7.85. The van der Waals surface area contributed by atoms with E-state index in [9.17, 15) is 9.47 Å². The molecular weight excluding hydrogens is 378 g/mol. The first-order chi connectivity index (χ1) is 14.3. The minimum atomic E-state index is -1.19. The maximum Gasteiger partial charge on any atom is 0.123 e. The zero-order valence-corrected chi connectivity index (χ0v) is 17.7. The molecule has 2 aromatic carbocycles. The van der Waals surface area contributed by atoms with Gasteiger partial charge < -0.3 is 0 Å². The van der Waals surface area contributed by atoms with Gasteiger partial charge in [-0.1, -0.05) is 49.6 Å². The standard InChI is InChI=1S/C24H29N3OS/c25-19-24(27-17-15-26(16-18-27)21-7-3-1-4-8-21)20-11-13-23(14-12-20)29(28)22-9-5-2-6-10-22/h2,5-6,9-14,21,24H,1,3-4,7-8,15-18H2. The molecule has 0 spiro atoms. The van der Waals surface area contributed by atoms with E-state index < -0.39 is 10.8 Å². The van der Waals surface area contributed by atoms with E-state index in [0.717, 1.165) is 47.6 Å². The Morgan fingerprint density at radius 1 is 0.862 bits per heavy atom. The molecule has 2 unspecified atom stereocenters. The summed E-state index contributed by atoms with van der Waals surface area (Å²) >= 11 is 0. The summed E-state index contributed by atoms with van der Waals surface area (Å²) in [7, 11) is -1.19. The minimum absolute atomic E-state index is 0.234. The van der Waals surface area contributed by atoms with Crippen LogP contribution in [-0.2, 0) is 10.8 Å². The van der Waals surface area contributed by atoms with E-state index >= 15 is 0 Å². The van der Waals surface area contributed by atoms with Gasteiger partial charge in [0.15, 0.2) is 0 Å². The molecule has 29 heavy (non-hydrogen) atoms. The second-order valence-corrected chi connectivity index (χ2v) is 9.53. The van der Waals surface area contributed by atoms with Crippen molar-refractivity contribution in [1.29, 1.82) is 5.26 Å². The van der Waals surface area contributed by atoms with Crippen LogP contribution >= 0.6 is 0 Å². The molecule has 2 aromatic rings. The SMILES string of the molecule is N#CC(c1ccc(S(=O)c2ccccc2)cc1)N1CCN(C2CCCCC2)CC1. The average Bonchev–Trinajstić information content (AvgIpc) is 2.81. The maximum atomic E-state index is 12.7. The molecule has 152 valence electrons. The molecule has 2 atom stereocenters. The molecule has 0 N–H and O–H groups in total. The molecule has 2 aliphatic rings.